The van der Waals surface area contributed by atoms with Crippen LogP contribution in [0.1, 0.15) is 5.56 Å². The van der Waals surface area contributed by atoms with Crippen molar-refractivity contribution in [2.75, 3.05) is 11.8 Å². The van der Waals surface area contributed by atoms with E-state index in [1.54, 1.807) is 42.6 Å². The summed E-state index contributed by atoms with van der Waals surface area (Å²) >= 11 is 8.38. The summed E-state index contributed by atoms with van der Waals surface area (Å²) in [6.45, 7) is 0.661. The van der Waals surface area contributed by atoms with Crippen LogP contribution in [-0.2, 0) is 16.6 Å². The van der Waals surface area contributed by atoms with Crippen molar-refractivity contribution in [3.05, 3.63) is 75.0 Å². The Balaban J connectivity index is 1.84. The van der Waals surface area contributed by atoms with Crippen molar-refractivity contribution >= 4 is 49.9 Å². The Morgan fingerprint density at radius 2 is 1.85 bits per heavy atom. The first kappa shape index (κ1) is 20.1. The fourth-order valence-corrected chi connectivity index (χ4v) is 4.54. The van der Waals surface area contributed by atoms with Gasteiger partial charge in [0.25, 0.3) is 10.0 Å². The van der Waals surface area contributed by atoms with Gasteiger partial charge in [-0.25, -0.2) is 8.42 Å². The Labute approximate surface area is 177 Å². The molecule has 8 heteroatoms. The second-order valence-corrected chi connectivity index (χ2v) is 9.18. The minimum atomic E-state index is -3.69. The number of aromatic nitrogens is 1. The summed E-state index contributed by atoms with van der Waals surface area (Å²) in [5.74, 6) is 0. The lowest BCUT2D eigenvalue weighted by Crippen LogP contribution is -2.13. The van der Waals surface area contributed by atoms with Gasteiger partial charge in [0.2, 0.25) is 0 Å². The van der Waals surface area contributed by atoms with E-state index in [4.69, 9.17) is 11.6 Å². The van der Waals surface area contributed by atoms with Gasteiger partial charge >= 0.3 is 0 Å². The maximum Gasteiger partial charge on any atom is 0.261 e. The number of nitrogens with one attached hydrogen (secondary N) is 2. The second-order valence-electron chi connectivity index (χ2n) is 5.84. The summed E-state index contributed by atoms with van der Waals surface area (Å²) in [4.78, 5) is 4.50. The molecule has 3 aromatic rings. The van der Waals surface area contributed by atoms with Crippen LogP contribution in [0.5, 0.6) is 0 Å². The molecule has 0 radical (unpaired) electrons. The molecule has 0 saturated carbocycles. The highest BCUT2D eigenvalue weighted by Crippen LogP contribution is 2.28. The third kappa shape index (κ3) is 4.98. The van der Waals surface area contributed by atoms with Gasteiger partial charge in [-0.1, -0.05) is 35.9 Å². The van der Waals surface area contributed by atoms with Crippen LogP contribution in [0.4, 0.5) is 5.69 Å². The number of nitrogens with zero attached hydrogens (tertiary/aromatic N) is 1. The Morgan fingerprint density at radius 3 is 2.52 bits per heavy atom. The molecule has 1 heterocycles. The van der Waals surface area contributed by atoms with E-state index in [9.17, 15) is 8.42 Å². The highest BCUT2D eigenvalue weighted by Gasteiger charge is 2.15. The van der Waals surface area contributed by atoms with E-state index < -0.39 is 10.0 Å². The maximum atomic E-state index is 12.7. The average Bonchev–Trinajstić information content (AvgIpc) is 2.62. The summed E-state index contributed by atoms with van der Waals surface area (Å²) < 4.78 is 28.9. The molecule has 1 aromatic heterocycles. The van der Waals surface area contributed by atoms with Gasteiger partial charge in [-0.05, 0) is 65.5 Å². The van der Waals surface area contributed by atoms with Crippen LogP contribution in [0.3, 0.4) is 0 Å². The standard InChI is InChI=1S/C19H17ClIN3O2S/c1-22-11-13-3-2-4-16(9-13)24-27(25,26)17-7-5-14(6-8-17)19-18(20)10-15(21)12-23-19/h2-10,12,22,24H,11H2,1H3. The van der Waals surface area contributed by atoms with Gasteiger partial charge in [0.05, 0.1) is 15.6 Å². The topological polar surface area (TPSA) is 71.1 Å². The van der Waals surface area contributed by atoms with Crippen molar-refractivity contribution in [1.82, 2.24) is 10.3 Å². The highest BCUT2D eigenvalue weighted by molar-refractivity contribution is 14.1. The summed E-state index contributed by atoms with van der Waals surface area (Å²) in [5, 5.41) is 3.57. The normalized spacial score (nSPS) is 11.4. The molecule has 0 unspecified atom stereocenters. The quantitative estimate of drug-likeness (QED) is 0.475. The third-order valence-electron chi connectivity index (χ3n) is 3.81. The molecule has 2 aromatic carbocycles. The first-order valence-electron chi connectivity index (χ1n) is 8.07. The van der Waals surface area contributed by atoms with Gasteiger partial charge in [0.15, 0.2) is 0 Å². The van der Waals surface area contributed by atoms with Crippen LogP contribution in [0, 0.1) is 3.57 Å². The predicted octanol–water partition coefficient (Wildman–Crippen LogP) is 4.53. The highest BCUT2D eigenvalue weighted by atomic mass is 127. The van der Waals surface area contributed by atoms with E-state index >= 15 is 0 Å². The van der Waals surface area contributed by atoms with Crippen molar-refractivity contribution in [3.8, 4) is 11.3 Å². The first-order valence-corrected chi connectivity index (χ1v) is 11.0. The van der Waals surface area contributed by atoms with Gasteiger partial charge in [-0.15, -0.1) is 0 Å². The summed E-state index contributed by atoms with van der Waals surface area (Å²) in [5.41, 5.74) is 2.89. The van der Waals surface area contributed by atoms with Crippen molar-refractivity contribution in [2.45, 2.75) is 11.4 Å². The predicted molar refractivity (Wildman–Crippen MR) is 117 cm³/mol. The third-order valence-corrected chi connectivity index (χ3v) is 6.08. The number of sulfonamides is 1. The van der Waals surface area contributed by atoms with Crippen molar-refractivity contribution < 1.29 is 8.42 Å². The van der Waals surface area contributed by atoms with Crippen molar-refractivity contribution in [1.29, 1.82) is 0 Å². The summed E-state index contributed by atoms with van der Waals surface area (Å²) in [7, 11) is -1.85. The molecule has 0 spiro atoms. The lowest BCUT2D eigenvalue weighted by Gasteiger charge is -2.10. The van der Waals surface area contributed by atoms with Gasteiger partial charge in [0.1, 0.15) is 0 Å². The van der Waals surface area contributed by atoms with Crippen molar-refractivity contribution in [2.24, 2.45) is 0 Å². The largest absolute Gasteiger partial charge is 0.316 e. The molecule has 0 atom stereocenters. The van der Waals surface area contributed by atoms with Crippen LogP contribution in [0.2, 0.25) is 5.02 Å². The van der Waals surface area contributed by atoms with E-state index in [0.717, 1.165) is 14.7 Å². The molecule has 140 valence electrons. The molecule has 2 N–H and O–H groups in total. The lowest BCUT2D eigenvalue weighted by atomic mass is 10.1. The molecular formula is C19H17ClIN3O2S. The SMILES string of the molecule is CNCc1cccc(NS(=O)(=O)c2ccc(-c3ncc(I)cc3Cl)cc2)c1. The molecule has 0 aliphatic heterocycles. The number of anilines is 1. The maximum absolute atomic E-state index is 12.7. The van der Waals surface area contributed by atoms with E-state index in [2.05, 4.69) is 37.6 Å². The second kappa shape index (κ2) is 8.55. The van der Waals surface area contributed by atoms with E-state index in [-0.39, 0.29) is 4.90 Å². The summed E-state index contributed by atoms with van der Waals surface area (Å²) in [6, 6.07) is 15.6. The van der Waals surface area contributed by atoms with E-state index in [1.807, 2.05) is 25.2 Å². The number of hydrogen-bond donors (Lipinski definition) is 2. The van der Waals surface area contributed by atoms with Gasteiger partial charge in [-0.2, -0.15) is 0 Å². The first-order chi connectivity index (χ1) is 12.9. The fourth-order valence-electron chi connectivity index (χ4n) is 2.58. The number of hydrogen-bond acceptors (Lipinski definition) is 4. The zero-order valence-electron chi connectivity index (χ0n) is 14.4. The molecule has 0 aliphatic rings. The minimum Gasteiger partial charge on any atom is -0.316 e. The van der Waals surface area contributed by atoms with Crippen molar-refractivity contribution in [3.63, 3.8) is 0 Å². The number of rotatable bonds is 6. The van der Waals surface area contributed by atoms with Gasteiger partial charge in [-0.3, -0.25) is 9.71 Å². The molecule has 0 amide bonds. The Bertz CT molecular complexity index is 1060. The van der Waals surface area contributed by atoms with Crippen LogP contribution >= 0.6 is 34.2 Å². The molecule has 0 fully saturated rings. The van der Waals surface area contributed by atoms with Crippen LogP contribution in [-0.4, -0.2) is 20.4 Å². The lowest BCUT2D eigenvalue weighted by molar-refractivity contribution is 0.601. The summed E-state index contributed by atoms with van der Waals surface area (Å²) in [6.07, 6.45) is 1.71. The molecule has 0 saturated heterocycles. The molecule has 27 heavy (non-hydrogen) atoms. The minimum absolute atomic E-state index is 0.173. The van der Waals surface area contributed by atoms with Crippen LogP contribution < -0.4 is 10.0 Å². The number of benzene rings is 2. The molecular weight excluding hydrogens is 497 g/mol. The monoisotopic (exact) mass is 513 g/mol. The van der Waals surface area contributed by atoms with Crippen LogP contribution in [0.15, 0.2) is 65.7 Å². The van der Waals surface area contributed by atoms with Crippen LogP contribution in [0.25, 0.3) is 11.3 Å². The smallest absolute Gasteiger partial charge is 0.261 e. The molecule has 3 rings (SSSR count). The number of pyridine rings is 1. The molecule has 0 bridgehead atoms. The number of halogens is 2. The van der Waals surface area contributed by atoms with E-state index in [1.165, 1.54) is 0 Å². The zero-order chi connectivity index (χ0) is 19.4. The Kier molecular flexibility index (Phi) is 6.36. The zero-order valence-corrected chi connectivity index (χ0v) is 18.1. The molecule has 5 nitrogen and oxygen atoms in total. The van der Waals surface area contributed by atoms with E-state index in [0.29, 0.717) is 22.9 Å². The Hall–Kier alpha value is -1.68. The van der Waals surface area contributed by atoms with Gasteiger partial charge < -0.3 is 5.32 Å². The fraction of sp³-hybridized carbons (Fsp3) is 0.105. The van der Waals surface area contributed by atoms with Gasteiger partial charge in [0, 0.05) is 27.6 Å². The Morgan fingerprint density at radius 1 is 1.11 bits per heavy atom. The molecule has 0 aliphatic carbocycles. The average molecular weight is 514 g/mol.